The van der Waals surface area contributed by atoms with Crippen LogP contribution < -0.4 is 5.73 Å². The van der Waals surface area contributed by atoms with Crippen LogP contribution in [0.3, 0.4) is 0 Å². The van der Waals surface area contributed by atoms with Crippen LogP contribution in [-0.4, -0.2) is 16.6 Å². The molecule has 0 fully saturated rings. The highest BCUT2D eigenvalue weighted by Gasteiger charge is 2.14. The lowest BCUT2D eigenvalue weighted by Gasteiger charge is -2.03. The van der Waals surface area contributed by atoms with Gasteiger partial charge in [-0.1, -0.05) is 12.2 Å². The highest BCUT2D eigenvalue weighted by molar-refractivity contribution is 5.74. The number of hydrogen-bond acceptors (Lipinski definition) is 4. The summed E-state index contributed by atoms with van der Waals surface area (Å²) in [5, 5.41) is 19.3. The van der Waals surface area contributed by atoms with Crippen LogP contribution in [0.2, 0.25) is 0 Å². The molecule has 0 amide bonds. The number of nitrogens with two attached hydrogens (primary N) is 1. The minimum atomic E-state index is -0.515. The van der Waals surface area contributed by atoms with Crippen molar-refractivity contribution in [1.29, 1.82) is 0 Å². The number of nitrogens with zero attached hydrogens (tertiary/aromatic N) is 1. The first-order valence-electron chi connectivity index (χ1n) is 4.38. The summed E-state index contributed by atoms with van der Waals surface area (Å²) in [5.41, 5.74) is 6.95. The predicted molar refractivity (Wildman–Crippen MR) is 58.4 cm³/mol. The molecule has 80 valence electrons. The number of aryl methyl sites for hydroxylation is 1. The zero-order valence-electron chi connectivity index (χ0n) is 8.30. The maximum Gasteiger partial charge on any atom is 0.292 e. The van der Waals surface area contributed by atoms with Crippen molar-refractivity contribution in [2.24, 2.45) is 0 Å². The second-order valence-electron chi connectivity index (χ2n) is 3.13. The van der Waals surface area contributed by atoms with E-state index in [9.17, 15) is 10.1 Å². The van der Waals surface area contributed by atoms with Crippen LogP contribution in [0.25, 0.3) is 6.08 Å². The molecule has 1 rings (SSSR count). The number of aliphatic hydroxyl groups is 1. The third-order valence-electron chi connectivity index (χ3n) is 1.93. The lowest BCUT2D eigenvalue weighted by molar-refractivity contribution is -0.383. The Bertz CT molecular complexity index is 413. The molecule has 0 bridgehead atoms. The van der Waals surface area contributed by atoms with Crippen LogP contribution in [0.15, 0.2) is 18.2 Å². The molecule has 1 aromatic carbocycles. The molecule has 0 heterocycles. The van der Waals surface area contributed by atoms with Crippen LogP contribution >= 0.6 is 0 Å². The number of rotatable bonds is 3. The molecule has 0 aliphatic rings. The van der Waals surface area contributed by atoms with E-state index >= 15 is 0 Å². The van der Waals surface area contributed by atoms with Gasteiger partial charge in [0, 0.05) is 11.6 Å². The Hall–Kier alpha value is -1.88. The van der Waals surface area contributed by atoms with E-state index in [1.54, 1.807) is 19.1 Å². The van der Waals surface area contributed by atoms with E-state index in [1.165, 1.54) is 12.1 Å². The van der Waals surface area contributed by atoms with Gasteiger partial charge in [-0.3, -0.25) is 10.1 Å². The molecular weight excluding hydrogens is 196 g/mol. The fraction of sp³-hybridized carbons (Fsp3) is 0.200. The number of nitro groups is 1. The second kappa shape index (κ2) is 4.56. The van der Waals surface area contributed by atoms with Crippen molar-refractivity contribution < 1.29 is 10.0 Å². The number of anilines is 1. The third kappa shape index (κ3) is 2.54. The van der Waals surface area contributed by atoms with Crippen molar-refractivity contribution in [3.05, 3.63) is 39.4 Å². The van der Waals surface area contributed by atoms with Crippen LogP contribution in [0.5, 0.6) is 0 Å². The first-order valence-corrected chi connectivity index (χ1v) is 4.38. The van der Waals surface area contributed by atoms with Gasteiger partial charge in [0.2, 0.25) is 0 Å². The first-order chi connectivity index (χ1) is 7.06. The average Bonchev–Trinajstić information content (AvgIpc) is 2.18. The van der Waals surface area contributed by atoms with Gasteiger partial charge < -0.3 is 10.8 Å². The van der Waals surface area contributed by atoms with E-state index in [0.717, 1.165) is 5.56 Å². The van der Waals surface area contributed by atoms with Crippen molar-refractivity contribution in [2.75, 3.05) is 12.3 Å². The van der Waals surface area contributed by atoms with Crippen molar-refractivity contribution in [2.45, 2.75) is 6.92 Å². The number of aliphatic hydroxyl groups excluding tert-OH is 1. The highest BCUT2D eigenvalue weighted by atomic mass is 16.6. The number of nitrogen functional groups attached to an aromatic ring is 1. The van der Waals surface area contributed by atoms with E-state index in [2.05, 4.69) is 0 Å². The number of hydrogen-bond donors (Lipinski definition) is 2. The maximum absolute atomic E-state index is 10.7. The zero-order valence-corrected chi connectivity index (χ0v) is 8.30. The van der Waals surface area contributed by atoms with Crippen molar-refractivity contribution in [3.8, 4) is 0 Å². The van der Waals surface area contributed by atoms with E-state index in [1.807, 2.05) is 0 Å². The summed E-state index contributed by atoms with van der Waals surface area (Å²) in [6.07, 6.45) is 3.05. The van der Waals surface area contributed by atoms with Crippen molar-refractivity contribution in [3.63, 3.8) is 0 Å². The Morgan fingerprint density at radius 1 is 1.60 bits per heavy atom. The topological polar surface area (TPSA) is 89.4 Å². The Morgan fingerprint density at radius 2 is 2.27 bits per heavy atom. The largest absolute Gasteiger partial charge is 0.393 e. The van der Waals surface area contributed by atoms with Crippen LogP contribution in [0.4, 0.5) is 11.4 Å². The van der Waals surface area contributed by atoms with Crippen molar-refractivity contribution >= 4 is 17.5 Å². The van der Waals surface area contributed by atoms with Crippen LogP contribution in [0.1, 0.15) is 11.1 Å². The molecule has 0 atom stereocenters. The molecule has 3 N–H and O–H groups in total. The van der Waals surface area contributed by atoms with E-state index in [0.29, 0.717) is 5.56 Å². The lowest BCUT2D eigenvalue weighted by Crippen LogP contribution is -1.98. The lowest BCUT2D eigenvalue weighted by atomic mass is 10.1. The smallest absolute Gasteiger partial charge is 0.292 e. The van der Waals surface area contributed by atoms with E-state index in [4.69, 9.17) is 10.8 Å². The Kier molecular flexibility index (Phi) is 3.41. The summed E-state index contributed by atoms with van der Waals surface area (Å²) in [5.74, 6) is 0. The number of nitro benzene ring substituents is 1. The zero-order chi connectivity index (χ0) is 11.4. The fourth-order valence-corrected chi connectivity index (χ4v) is 1.27. The van der Waals surface area contributed by atoms with Gasteiger partial charge >= 0.3 is 0 Å². The summed E-state index contributed by atoms with van der Waals surface area (Å²) < 4.78 is 0. The molecule has 0 unspecified atom stereocenters. The molecular formula is C10H12N2O3. The van der Waals surface area contributed by atoms with Gasteiger partial charge in [-0.05, 0) is 18.6 Å². The second-order valence-corrected chi connectivity index (χ2v) is 3.13. The molecule has 0 aromatic heterocycles. The van der Waals surface area contributed by atoms with E-state index < -0.39 is 4.92 Å². The first kappa shape index (κ1) is 11.2. The molecule has 0 aliphatic carbocycles. The highest BCUT2D eigenvalue weighted by Crippen LogP contribution is 2.27. The average molecular weight is 208 g/mol. The summed E-state index contributed by atoms with van der Waals surface area (Å²) >= 11 is 0. The predicted octanol–water partition coefficient (Wildman–Crippen LogP) is 1.49. The molecule has 0 aliphatic heterocycles. The summed E-state index contributed by atoms with van der Waals surface area (Å²) in [4.78, 5) is 10.1. The molecule has 0 saturated carbocycles. The van der Waals surface area contributed by atoms with Gasteiger partial charge in [0.15, 0.2) is 0 Å². The molecule has 0 radical (unpaired) electrons. The van der Waals surface area contributed by atoms with Gasteiger partial charge in [0.25, 0.3) is 5.69 Å². The minimum absolute atomic E-state index is 0.104. The van der Waals surface area contributed by atoms with Gasteiger partial charge in [-0.15, -0.1) is 0 Å². The van der Waals surface area contributed by atoms with E-state index in [-0.39, 0.29) is 18.0 Å². The van der Waals surface area contributed by atoms with Crippen molar-refractivity contribution in [1.82, 2.24) is 0 Å². The van der Waals surface area contributed by atoms with Crippen LogP contribution in [0, 0.1) is 17.0 Å². The SMILES string of the molecule is Cc1cc(C=CCO)c(N)c([N+](=O)[O-])c1. The molecule has 15 heavy (non-hydrogen) atoms. The summed E-state index contributed by atoms with van der Waals surface area (Å²) in [7, 11) is 0. The standard InChI is InChI=1S/C10H12N2O3/c1-7-5-8(3-2-4-13)10(11)9(6-7)12(14)15/h2-3,5-6,13H,4,11H2,1H3. The van der Waals surface area contributed by atoms with Gasteiger partial charge in [-0.2, -0.15) is 0 Å². The molecule has 0 spiro atoms. The normalized spacial score (nSPS) is 10.8. The third-order valence-corrected chi connectivity index (χ3v) is 1.93. The summed E-state index contributed by atoms with van der Waals surface area (Å²) in [6.45, 7) is 1.63. The Morgan fingerprint density at radius 3 is 2.80 bits per heavy atom. The Balaban J connectivity index is 3.28. The fourth-order valence-electron chi connectivity index (χ4n) is 1.27. The monoisotopic (exact) mass is 208 g/mol. The minimum Gasteiger partial charge on any atom is -0.393 e. The van der Waals surface area contributed by atoms with Gasteiger partial charge in [0.1, 0.15) is 5.69 Å². The van der Waals surface area contributed by atoms with Gasteiger partial charge in [-0.25, -0.2) is 0 Å². The Labute approximate surface area is 87.0 Å². The number of benzene rings is 1. The molecule has 0 saturated heterocycles. The molecule has 5 heteroatoms. The summed E-state index contributed by atoms with van der Waals surface area (Å²) in [6, 6.07) is 3.15. The molecule has 5 nitrogen and oxygen atoms in total. The maximum atomic E-state index is 10.7. The van der Waals surface area contributed by atoms with Gasteiger partial charge in [0.05, 0.1) is 11.5 Å². The molecule has 1 aromatic rings. The quantitative estimate of drug-likeness (QED) is 0.447. The van der Waals surface area contributed by atoms with Crippen LogP contribution in [-0.2, 0) is 0 Å².